The second-order valence-corrected chi connectivity index (χ2v) is 9.90. The molecule has 0 saturated carbocycles. The average molecular weight is 577 g/mol. The smallest absolute Gasteiger partial charge is 0.172 e. The minimum Gasteiger partial charge on any atom is -0.172 e. The van der Waals surface area contributed by atoms with Crippen LogP contribution in [0.4, 0.5) is 26.3 Å². The Morgan fingerprint density at radius 3 is 1.15 bits per heavy atom. The van der Waals surface area contributed by atoms with Gasteiger partial charge in [-0.1, -0.05) is 97.1 Å². The van der Waals surface area contributed by atoms with Crippen molar-refractivity contribution in [2.24, 2.45) is 0 Å². The van der Waals surface area contributed by atoms with Crippen LogP contribution in [0.25, 0.3) is 55.5 Å². The van der Waals surface area contributed by atoms with Crippen LogP contribution < -0.4 is 0 Å². The molecular weight excluding hydrogens is 558 g/mol. The summed E-state index contributed by atoms with van der Waals surface area (Å²) in [7, 11) is 0. The quantitative estimate of drug-likeness (QED) is 0.195. The number of rotatable bonds is 4. The van der Waals surface area contributed by atoms with Crippen molar-refractivity contribution in [1.82, 2.24) is 8.75 Å². The molecule has 6 rings (SSSR count). The van der Waals surface area contributed by atoms with Crippen LogP contribution in [0.15, 0.2) is 109 Å². The van der Waals surface area contributed by atoms with E-state index in [4.69, 9.17) is 0 Å². The van der Waals surface area contributed by atoms with Crippen molar-refractivity contribution in [2.45, 2.75) is 12.4 Å². The summed E-state index contributed by atoms with van der Waals surface area (Å²) in [6.45, 7) is 0. The summed E-state index contributed by atoms with van der Waals surface area (Å²) in [5.41, 5.74) is 0.507. The van der Waals surface area contributed by atoms with Gasteiger partial charge in [0.25, 0.3) is 0 Å². The lowest BCUT2D eigenvalue weighted by Gasteiger charge is -2.18. The number of nitrogens with zero attached hydrogens (tertiary/aromatic N) is 2. The van der Waals surface area contributed by atoms with Gasteiger partial charge in [0.1, 0.15) is 11.0 Å². The molecule has 5 aromatic carbocycles. The van der Waals surface area contributed by atoms with Crippen LogP contribution in [0, 0.1) is 0 Å². The predicted octanol–water partition coefficient (Wildman–Crippen LogP) is 10.4. The first kappa shape index (κ1) is 26.7. The van der Waals surface area contributed by atoms with Crippen molar-refractivity contribution in [3.8, 4) is 44.5 Å². The third kappa shape index (κ3) is 5.09. The second-order valence-electron chi connectivity index (χ2n) is 9.37. The van der Waals surface area contributed by atoms with Crippen molar-refractivity contribution < 1.29 is 26.3 Å². The molecule has 1 aromatic heterocycles. The van der Waals surface area contributed by atoms with E-state index in [9.17, 15) is 26.3 Å². The lowest BCUT2D eigenvalue weighted by atomic mass is 9.90. The van der Waals surface area contributed by atoms with Gasteiger partial charge in [0, 0.05) is 11.1 Å². The Kier molecular flexibility index (Phi) is 6.62. The highest BCUT2D eigenvalue weighted by Gasteiger charge is 2.36. The summed E-state index contributed by atoms with van der Waals surface area (Å²) in [5.74, 6) is 0. The van der Waals surface area contributed by atoms with Gasteiger partial charge in [-0.15, -0.1) is 0 Å². The van der Waals surface area contributed by atoms with E-state index in [1.54, 1.807) is 72.8 Å². The molecule has 0 aliphatic heterocycles. The van der Waals surface area contributed by atoms with Gasteiger partial charge in [0.05, 0.1) is 22.9 Å². The van der Waals surface area contributed by atoms with Crippen LogP contribution in [0.3, 0.4) is 0 Å². The number of hydrogen-bond donors (Lipinski definition) is 0. The Labute approximate surface area is 234 Å². The van der Waals surface area contributed by atoms with E-state index in [2.05, 4.69) is 8.75 Å². The van der Waals surface area contributed by atoms with E-state index in [-0.39, 0.29) is 33.3 Å². The van der Waals surface area contributed by atoms with E-state index in [1.807, 2.05) is 0 Å². The van der Waals surface area contributed by atoms with E-state index in [0.717, 1.165) is 23.9 Å². The fourth-order valence-electron chi connectivity index (χ4n) is 4.95. The summed E-state index contributed by atoms with van der Waals surface area (Å²) >= 11 is 0.735. The predicted molar refractivity (Wildman–Crippen MR) is 149 cm³/mol. The maximum Gasteiger partial charge on any atom is 0.417 e. The fourth-order valence-corrected chi connectivity index (χ4v) is 5.52. The minimum absolute atomic E-state index is 0.103. The van der Waals surface area contributed by atoms with Crippen LogP contribution in [-0.2, 0) is 12.4 Å². The van der Waals surface area contributed by atoms with Gasteiger partial charge in [0.15, 0.2) is 0 Å². The van der Waals surface area contributed by atoms with Crippen molar-refractivity contribution in [3.63, 3.8) is 0 Å². The Hall–Kier alpha value is -4.50. The SMILES string of the molecule is FC(F)(F)c1cc(-c2ccccc2)ccc1-c1ccc(-c2ccc(-c3ccccc3)cc2C(F)(F)F)c2nsnc12. The molecule has 0 N–H and O–H groups in total. The Balaban J connectivity index is 1.52. The first-order valence-electron chi connectivity index (χ1n) is 12.4. The summed E-state index contributed by atoms with van der Waals surface area (Å²) in [6, 6.07) is 28.2. The number of hydrogen-bond acceptors (Lipinski definition) is 3. The molecule has 0 saturated heterocycles. The minimum atomic E-state index is -4.69. The molecule has 6 aromatic rings. The van der Waals surface area contributed by atoms with Gasteiger partial charge in [-0.25, -0.2) is 0 Å². The molecule has 0 aliphatic carbocycles. The third-order valence-electron chi connectivity index (χ3n) is 6.86. The second kappa shape index (κ2) is 10.2. The van der Waals surface area contributed by atoms with Gasteiger partial charge in [-0.3, -0.25) is 0 Å². The van der Waals surface area contributed by atoms with E-state index < -0.39 is 23.5 Å². The van der Waals surface area contributed by atoms with Gasteiger partial charge in [0.2, 0.25) is 0 Å². The fraction of sp³-hybridized carbons (Fsp3) is 0.0625. The van der Waals surface area contributed by atoms with Crippen LogP contribution in [0.5, 0.6) is 0 Å². The molecular formula is C32H18F6N2S. The largest absolute Gasteiger partial charge is 0.417 e. The van der Waals surface area contributed by atoms with Gasteiger partial charge in [-0.2, -0.15) is 35.1 Å². The number of halogens is 6. The molecule has 1 heterocycles. The third-order valence-corrected chi connectivity index (χ3v) is 7.39. The van der Waals surface area contributed by atoms with E-state index in [0.29, 0.717) is 22.3 Å². The normalized spacial score (nSPS) is 12.1. The zero-order valence-corrected chi connectivity index (χ0v) is 21.8. The van der Waals surface area contributed by atoms with Crippen molar-refractivity contribution >= 4 is 22.8 Å². The number of fused-ring (bicyclic) bond motifs is 1. The monoisotopic (exact) mass is 576 g/mol. The summed E-state index contributed by atoms with van der Waals surface area (Å²) in [6.07, 6.45) is -9.38. The molecule has 0 fully saturated rings. The van der Waals surface area contributed by atoms with Crippen LogP contribution in [-0.4, -0.2) is 8.75 Å². The highest BCUT2D eigenvalue weighted by molar-refractivity contribution is 7.00. The lowest BCUT2D eigenvalue weighted by molar-refractivity contribution is -0.137. The standard InChI is InChI=1S/C32H18F6N2S/c33-31(34,35)27-17-21(19-7-3-1-4-8-19)11-13-23(27)25-15-16-26(30-29(25)39-41-40-30)24-14-12-22(18-28(24)32(36,37)38)20-9-5-2-6-10-20/h1-18H. The molecule has 41 heavy (non-hydrogen) atoms. The number of aromatic nitrogens is 2. The molecule has 0 amide bonds. The number of alkyl halides is 6. The van der Waals surface area contributed by atoms with E-state index in [1.165, 1.54) is 24.3 Å². The Morgan fingerprint density at radius 2 is 0.780 bits per heavy atom. The van der Waals surface area contributed by atoms with E-state index >= 15 is 0 Å². The highest BCUT2D eigenvalue weighted by atomic mass is 32.1. The van der Waals surface area contributed by atoms with Crippen molar-refractivity contribution in [1.29, 1.82) is 0 Å². The summed E-state index contributed by atoms with van der Waals surface area (Å²) in [5, 5.41) is 0. The van der Waals surface area contributed by atoms with Crippen LogP contribution >= 0.6 is 11.7 Å². The molecule has 0 unspecified atom stereocenters. The van der Waals surface area contributed by atoms with Crippen molar-refractivity contribution in [3.05, 3.63) is 120 Å². The zero-order chi connectivity index (χ0) is 28.8. The zero-order valence-electron chi connectivity index (χ0n) is 21.0. The molecule has 0 aliphatic rings. The first-order valence-corrected chi connectivity index (χ1v) is 13.1. The van der Waals surface area contributed by atoms with Crippen LogP contribution in [0.2, 0.25) is 0 Å². The lowest BCUT2D eigenvalue weighted by Crippen LogP contribution is -2.08. The molecule has 204 valence electrons. The maximum absolute atomic E-state index is 14.3. The van der Waals surface area contributed by atoms with Gasteiger partial charge >= 0.3 is 12.4 Å². The highest BCUT2D eigenvalue weighted by Crippen LogP contribution is 2.45. The summed E-state index contributed by atoms with van der Waals surface area (Å²) in [4.78, 5) is 0. The van der Waals surface area contributed by atoms with Gasteiger partial charge < -0.3 is 0 Å². The summed E-state index contributed by atoms with van der Waals surface area (Å²) < 4.78 is 94.3. The first-order chi connectivity index (χ1) is 19.6. The average Bonchev–Trinajstić information content (AvgIpc) is 3.47. The maximum atomic E-state index is 14.3. The molecule has 0 bridgehead atoms. The van der Waals surface area contributed by atoms with Gasteiger partial charge in [-0.05, 0) is 45.5 Å². The topological polar surface area (TPSA) is 25.8 Å². The Bertz CT molecular complexity index is 1720. The number of benzene rings is 5. The molecule has 0 spiro atoms. The molecule has 2 nitrogen and oxygen atoms in total. The molecule has 9 heteroatoms. The molecule has 0 atom stereocenters. The Morgan fingerprint density at radius 1 is 0.415 bits per heavy atom. The van der Waals surface area contributed by atoms with Crippen LogP contribution in [0.1, 0.15) is 11.1 Å². The van der Waals surface area contributed by atoms with Crippen molar-refractivity contribution in [2.75, 3.05) is 0 Å². The molecule has 0 radical (unpaired) electrons.